The minimum atomic E-state index is -3.75. The Kier molecular flexibility index (Phi) is 22.8. The van der Waals surface area contributed by atoms with E-state index >= 15 is 0 Å². The highest BCUT2D eigenvalue weighted by Gasteiger charge is 2.18. The van der Waals surface area contributed by atoms with E-state index in [4.69, 9.17) is 14.0 Å². The van der Waals surface area contributed by atoms with E-state index in [9.17, 15) is 9.46 Å². The Bertz CT molecular complexity index is 536. The second kappa shape index (κ2) is 22.9. The molecule has 0 aliphatic heterocycles. The van der Waals surface area contributed by atoms with Gasteiger partial charge in [-0.15, -0.1) is 0 Å². The van der Waals surface area contributed by atoms with E-state index < -0.39 is 7.60 Å². The Labute approximate surface area is 217 Å². The van der Waals surface area contributed by atoms with Crippen LogP contribution in [0.25, 0.3) is 0 Å². The van der Waals surface area contributed by atoms with Crippen LogP contribution < -0.4 is 0 Å². The fourth-order valence-electron chi connectivity index (χ4n) is 3.85. The molecular formula is C28H59NO5P+. The van der Waals surface area contributed by atoms with Crippen molar-refractivity contribution in [1.82, 2.24) is 0 Å². The minimum absolute atomic E-state index is 0.231. The van der Waals surface area contributed by atoms with Crippen LogP contribution in [0, 0.1) is 0 Å². The van der Waals surface area contributed by atoms with Crippen molar-refractivity contribution in [1.29, 1.82) is 0 Å². The largest absolute Gasteiger partial charge is 0.378 e. The summed E-state index contributed by atoms with van der Waals surface area (Å²) in [5.74, 6) is 1.22. The first-order valence-corrected chi connectivity index (χ1v) is 15.9. The molecule has 6 nitrogen and oxygen atoms in total. The highest BCUT2D eigenvalue weighted by atomic mass is 31.2. The summed E-state index contributed by atoms with van der Waals surface area (Å²) in [5.41, 5.74) is 0. The van der Waals surface area contributed by atoms with Gasteiger partial charge in [-0.2, -0.15) is 0 Å². The van der Waals surface area contributed by atoms with Crippen LogP contribution in [-0.4, -0.2) is 70.1 Å². The lowest BCUT2D eigenvalue weighted by Gasteiger charge is -2.23. The number of methoxy groups -OCH3 is 1. The van der Waals surface area contributed by atoms with E-state index in [0.717, 1.165) is 6.42 Å². The Morgan fingerprint density at radius 2 is 1.23 bits per heavy atom. The predicted octanol–water partition coefficient (Wildman–Crippen LogP) is 7.70. The molecule has 0 aromatic heterocycles. The lowest BCUT2D eigenvalue weighted by molar-refractivity contribution is -0.870. The minimum Gasteiger partial charge on any atom is -0.378 e. The molecule has 0 saturated heterocycles. The number of unbranched alkanes of at least 4 members (excludes halogenated alkanes) is 15. The zero-order chi connectivity index (χ0) is 26.3. The third-order valence-corrected chi connectivity index (χ3v) is 7.36. The zero-order valence-corrected chi connectivity index (χ0v) is 24.7. The SMILES string of the molecule is CCCCCCCCCCCCCCCCCCOC[C@@H](C=CP(=O)(O)OCC[N+](C)(C)C)OC. The number of nitrogens with zero attached hydrogens (tertiary/aromatic N) is 1. The van der Waals surface area contributed by atoms with Crippen LogP contribution in [0.2, 0.25) is 0 Å². The maximum Gasteiger partial charge on any atom is 0.351 e. The Morgan fingerprint density at radius 1 is 0.771 bits per heavy atom. The van der Waals surface area contributed by atoms with Crippen LogP contribution in [-0.2, 0) is 18.6 Å². The van der Waals surface area contributed by atoms with Gasteiger partial charge in [-0.25, -0.2) is 0 Å². The van der Waals surface area contributed by atoms with Crippen LogP contribution in [0.5, 0.6) is 0 Å². The lowest BCUT2D eigenvalue weighted by Crippen LogP contribution is -2.37. The molecule has 210 valence electrons. The molecule has 2 atom stereocenters. The first-order chi connectivity index (χ1) is 16.7. The molecule has 0 aromatic carbocycles. The van der Waals surface area contributed by atoms with E-state index in [-0.39, 0.29) is 12.7 Å². The number of quaternary nitrogens is 1. The number of likely N-dealkylation sites (N-methyl/N-ethyl adjacent to an activating group) is 1. The van der Waals surface area contributed by atoms with Crippen molar-refractivity contribution in [2.24, 2.45) is 0 Å². The van der Waals surface area contributed by atoms with E-state index in [2.05, 4.69) is 6.92 Å². The van der Waals surface area contributed by atoms with Gasteiger partial charge in [0, 0.05) is 19.5 Å². The normalized spacial score (nSPS) is 15.0. The number of hydrogen-bond donors (Lipinski definition) is 1. The van der Waals surface area contributed by atoms with Crippen molar-refractivity contribution in [3.8, 4) is 0 Å². The molecular weight excluding hydrogens is 461 g/mol. The summed E-state index contributed by atoms with van der Waals surface area (Å²) in [6.07, 6.45) is 22.9. The van der Waals surface area contributed by atoms with E-state index in [0.29, 0.717) is 24.2 Å². The van der Waals surface area contributed by atoms with Gasteiger partial charge in [-0.1, -0.05) is 103 Å². The second-order valence-corrected chi connectivity index (χ2v) is 12.6. The molecule has 0 bridgehead atoms. The molecule has 1 N–H and O–H groups in total. The van der Waals surface area contributed by atoms with Gasteiger partial charge in [0.05, 0.1) is 33.9 Å². The molecule has 35 heavy (non-hydrogen) atoms. The lowest BCUT2D eigenvalue weighted by atomic mass is 10.0. The average molecular weight is 521 g/mol. The van der Waals surface area contributed by atoms with Crippen LogP contribution in [0.15, 0.2) is 11.9 Å². The molecule has 0 aromatic rings. The fourth-order valence-corrected chi connectivity index (χ4v) is 4.69. The summed E-state index contributed by atoms with van der Waals surface area (Å²) in [7, 11) is 3.87. The maximum atomic E-state index is 12.1. The summed E-state index contributed by atoms with van der Waals surface area (Å²) in [4.78, 5) is 9.93. The Hall–Kier alpha value is -0.230. The van der Waals surface area contributed by atoms with Crippen LogP contribution >= 0.6 is 7.60 Å². The zero-order valence-electron chi connectivity index (χ0n) is 23.8. The summed E-state index contributed by atoms with van der Waals surface area (Å²) >= 11 is 0. The smallest absolute Gasteiger partial charge is 0.351 e. The van der Waals surface area contributed by atoms with Gasteiger partial charge in [0.25, 0.3) is 0 Å². The van der Waals surface area contributed by atoms with E-state index in [1.165, 1.54) is 102 Å². The van der Waals surface area contributed by atoms with Crippen molar-refractivity contribution in [3.05, 3.63) is 11.9 Å². The molecule has 0 aliphatic carbocycles. The Balaban J connectivity index is 3.57. The topological polar surface area (TPSA) is 65.0 Å². The fraction of sp³-hybridized carbons (Fsp3) is 0.929. The number of hydrogen-bond acceptors (Lipinski definition) is 4. The molecule has 0 aliphatic rings. The summed E-state index contributed by atoms with van der Waals surface area (Å²) in [5, 5.41) is 0. The molecule has 0 spiro atoms. The van der Waals surface area contributed by atoms with E-state index in [1.54, 1.807) is 13.2 Å². The summed E-state index contributed by atoms with van der Waals surface area (Å²) < 4.78 is 29.0. The molecule has 0 fully saturated rings. The van der Waals surface area contributed by atoms with Crippen LogP contribution in [0.3, 0.4) is 0 Å². The third-order valence-electron chi connectivity index (χ3n) is 6.25. The maximum absolute atomic E-state index is 12.1. The van der Waals surface area contributed by atoms with Crippen molar-refractivity contribution >= 4 is 7.60 Å². The van der Waals surface area contributed by atoms with E-state index in [1.807, 2.05) is 21.1 Å². The molecule has 1 unspecified atom stereocenters. The molecule has 7 heteroatoms. The summed E-state index contributed by atoms with van der Waals surface area (Å²) in [6, 6.07) is 0. The molecule has 0 radical (unpaired) electrons. The molecule has 0 heterocycles. The third kappa shape index (κ3) is 26.6. The molecule has 0 rings (SSSR count). The number of rotatable bonds is 26. The molecule has 0 saturated carbocycles. The highest BCUT2D eigenvalue weighted by molar-refractivity contribution is 7.56. The van der Waals surface area contributed by atoms with Gasteiger partial charge < -0.3 is 18.9 Å². The first kappa shape index (κ1) is 34.8. The van der Waals surface area contributed by atoms with Crippen molar-refractivity contribution in [2.75, 3.05) is 54.6 Å². The standard InChI is InChI=1S/C28H58NO5P/c1-6-7-8-9-10-11-12-13-14-15-16-17-18-19-20-21-24-33-27-28(32-5)22-26-35(30,31)34-25-23-29(2,3)4/h22,26,28H,6-21,23-25,27H2,1-5H3/p+1/t28-/m1/s1. The summed E-state index contributed by atoms with van der Waals surface area (Å²) in [6.45, 7) is 4.25. The quantitative estimate of drug-likeness (QED) is 0.0719. The van der Waals surface area contributed by atoms with Crippen molar-refractivity contribution in [3.63, 3.8) is 0 Å². The van der Waals surface area contributed by atoms with Gasteiger partial charge in [-0.05, 0) is 12.5 Å². The van der Waals surface area contributed by atoms with Gasteiger partial charge in [0.2, 0.25) is 0 Å². The monoisotopic (exact) mass is 520 g/mol. The average Bonchev–Trinajstić information content (AvgIpc) is 2.79. The first-order valence-electron chi connectivity index (χ1n) is 14.3. The van der Waals surface area contributed by atoms with Gasteiger partial charge in [-0.3, -0.25) is 9.09 Å². The second-order valence-electron chi connectivity index (χ2n) is 10.9. The highest BCUT2D eigenvalue weighted by Crippen LogP contribution is 2.43. The molecule has 0 amide bonds. The van der Waals surface area contributed by atoms with Gasteiger partial charge in [0.15, 0.2) is 0 Å². The van der Waals surface area contributed by atoms with Crippen LogP contribution in [0.4, 0.5) is 0 Å². The Morgan fingerprint density at radius 3 is 1.66 bits per heavy atom. The predicted molar refractivity (Wildman–Crippen MR) is 149 cm³/mol. The number of ether oxygens (including phenoxy) is 2. The van der Waals surface area contributed by atoms with Crippen molar-refractivity contribution < 1.29 is 27.9 Å². The van der Waals surface area contributed by atoms with Gasteiger partial charge in [0.1, 0.15) is 13.2 Å². The van der Waals surface area contributed by atoms with Gasteiger partial charge >= 0.3 is 7.60 Å². The van der Waals surface area contributed by atoms with Crippen molar-refractivity contribution in [2.45, 2.75) is 116 Å². The van der Waals surface area contributed by atoms with Crippen LogP contribution in [0.1, 0.15) is 110 Å².